The molecule has 92 valence electrons. The average Bonchev–Trinajstić information content (AvgIpc) is 2.45. The molecule has 1 atom stereocenters. The minimum atomic E-state index is -0.307. The molecule has 2 nitrogen and oxygen atoms in total. The lowest BCUT2D eigenvalue weighted by Crippen LogP contribution is -2.40. The molecule has 0 radical (unpaired) electrons. The smallest absolute Gasteiger partial charge is 0.234 e. The first-order valence-corrected chi connectivity index (χ1v) is 6.52. The minimum Gasteiger partial charge on any atom is -0.285 e. The third kappa shape index (κ3) is 1.21. The monoisotopic (exact) mass is 248 g/mol. The van der Waals surface area contributed by atoms with Crippen molar-refractivity contribution >= 4 is 10.8 Å². The summed E-state index contributed by atoms with van der Waals surface area (Å²) in [4.78, 5) is 23.4. The Kier molecular flexibility index (Phi) is 1.92. The van der Waals surface area contributed by atoms with Crippen LogP contribution in [0.1, 0.15) is 24.0 Å². The molecule has 1 aliphatic rings. The van der Waals surface area contributed by atoms with Gasteiger partial charge in [0.1, 0.15) is 0 Å². The first-order valence-electron chi connectivity index (χ1n) is 6.52. The van der Waals surface area contributed by atoms with Crippen molar-refractivity contribution in [2.45, 2.75) is 19.3 Å². The second kappa shape index (κ2) is 3.41. The normalized spacial score (nSPS) is 17.4. The summed E-state index contributed by atoms with van der Waals surface area (Å²) >= 11 is 0. The maximum absolute atomic E-state index is 11.8. The number of hydrogen-bond donors (Lipinski definition) is 0. The minimum absolute atomic E-state index is 0.277. The molecular weight excluding hydrogens is 236 g/mol. The molecule has 2 heteroatoms. The summed E-state index contributed by atoms with van der Waals surface area (Å²) < 4.78 is 0. The number of rotatable bonds is 0. The van der Waals surface area contributed by atoms with Crippen molar-refractivity contribution in [1.29, 1.82) is 0 Å². The quantitative estimate of drug-likeness (QED) is 0.573. The van der Waals surface area contributed by atoms with Crippen molar-refractivity contribution in [2.75, 3.05) is 0 Å². The van der Waals surface area contributed by atoms with Crippen LogP contribution in [0.4, 0.5) is 0 Å². The first-order chi connectivity index (χ1) is 9.18. The molecule has 19 heavy (non-hydrogen) atoms. The van der Waals surface area contributed by atoms with Gasteiger partial charge in [-0.25, -0.2) is 0 Å². The summed E-state index contributed by atoms with van der Waals surface area (Å²) in [5.74, 6) is 0.289. The third-order valence-corrected chi connectivity index (χ3v) is 4.25. The molecule has 4 rings (SSSR count). The van der Waals surface area contributed by atoms with Gasteiger partial charge >= 0.3 is 0 Å². The Hall–Kier alpha value is -2.22. The molecule has 0 heterocycles. The third-order valence-electron chi connectivity index (χ3n) is 4.25. The largest absolute Gasteiger partial charge is 0.285 e. The van der Waals surface area contributed by atoms with Gasteiger partial charge in [0.25, 0.3) is 0 Å². The Morgan fingerprint density at radius 1 is 1.00 bits per heavy atom. The molecule has 3 aromatic carbocycles. The maximum atomic E-state index is 11.8. The summed E-state index contributed by atoms with van der Waals surface area (Å²) in [6.07, 6.45) is 0.695. The van der Waals surface area contributed by atoms with Crippen molar-refractivity contribution in [2.24, 2.45) is 0 Å². The lowest BCUT2D eigenvalue weighted by Gasteiger charge is -2.27. The van der Waals surface area contributed by atoms with Crippen molar-refractivity contribution in [3.63, 3.8) is 0 Å². The molecule has 0 saturated heterocycles. The zero-order valence-electron chi connectivity index (χ0n) is 10.6. The summed E-state index contributed by atoms with van der Waals surface area (Å²) in [6.45, 7) is 2.13. The van der Waals surface area contributed by atoms with Crippen molar-refractivity contribution in [3.05, 3.63) is 68.0 Å². The van der Waals surface area contributed by atoms with E-state index in [0.717, 1.165) is 11.1 Å². The van der Waals surface area contributed by atoms with Crippen LogP contribution in [0.15, 0.2) is 46.0 Å². The van der Waals surface area contributed by atoms with E-state index in [1.807, 2.05) is 24.3 Å². The second-order valence-electron chi connectivity index (χ2n) is 5.36. The van der Waals surface area contributed by atoms with Gasteiger partial charge in [0.05, 0.1) is 0 Å². The van der Waals surface area contributed by atoms with Crippen LogP contribution >= 0.6 is 0 Å². The molecule has 0 fully saturated rings. The Bertz CT molecular complexity index is 895. The zero-order valence-corrected chi connectivity index (χ0v) is 10.6. The Labute approximate surface area is 110 Å². The van der Waals surface area contributed by atoms with Gasteiger partial charge in [-0.1, -0.05) is 43.3 Å². The highest BCUT2D eigenvalue weighted by Crippen LogP contribution is 2.41. The fraction of sp³-hybridized carbons (Fsp3) is 0.176. The predicted octanol–water partition coefficient (Wildman–Crippen LogP) is 2.76. The molecule has 0 aliphatic heterocycles. The van der Waals surface area contributed by atoms with E-state index in [9.17, 15) is 9.59 Å². The Morgan fingerprint density at radius 3 is 2.63 bits per heavy atom. The average molecular weight is 248 g/mol. The maximum Gasteiger partial charge on any atom is 0.234 e. The lowest BCUT2D eigenvalue weighted by molar-refractivity contribution is 0.743. The summed E-state index contributed by atoms with van der Waals surface area (Å²) in [5, 5.41) is 2.39. The van der Waals surface area contributed by atoms with Gasteiger partial charge in [-0.15, -0.1) is 0 Å². The zero-order chi connectivity index (χ0) is 13.1. The van der Waals surface area contributed by atoms with Gasteiger partial charge in [-0.2, -0.15) is 0 Å². The van der Waals surface area contributed by atoms with Gasteiger partial charge in [0.15, 0.2) is 0 Å². The summed E-state index contributed by atoms with van der Waals surface area (Å²) in [6, 6.07) is 12.2. The molecule has 0 bridgehead atoms. The van der Waals surface area contributed by atoms with Crippen LogP contribution in [0.3, 0.4) is 0 Å². The van der Waals surface area contributed by atoms with Crippen molar-refractivity contribution in [3.8, 4) is 11.1 Å². The number of benzene rings is 2. The van der Waals surface area contributed by atoms with Gasteiger partial charge in [-0.3, -0.25) is 9.59 Å². The Morgan fingerprint density at radius 2 is 1.79 bits per heavy atom. The number of hydrogen-bond acceptors (Lipinski definition) is 2. The topological polar surface area (TPSA) is 34.1 Å². The van der Waals surface area contributed by atoms with Gasteiger partial charge < -0.3 is 0 Å². The fourth-order valence-corrected chi connectivity index (χ4v) is 3.37. The van der Waals surface area contributed by atoms with Crippen molar-refractivity contribution < 1.29 is 0 Å². The van der Waals surface area contributed by atoms with Crippen LogP contribution in [0, 0.1) is 0 Å². The standard InChI is InChI=1S/C17H12O2/c1-9-8-13-15(17(19)16(13)18)12-7-6-10-4-2-3-5-11(10)14(9)12/h2-7,9H,8H2,1H3. The van der Waals surface area contributed by atoms with Gasteiger partial charge in [-0.05, 0) is 34.2 Å². The van der Waals surface area contributed by atoms with E-state index < -0.39 is 0 Å². The number of fused-ring (bicyclic) bond motifs is 5. The highest BCUT2D eigenvalue weighted by Gasteiger charge is 2.31. The SMILES string of the molecule is CC1Cc2c(c(=O)c2=O)-c2ccc3ccccc3c21. The fourth-order valence-electron chi connectivity index (χ4n) is 3.37. The van der Waals surface area contributed by atoms with Crippen LogP contribution < -0.4 is 10.9 Å². The van der Waals surface area contributed by atoms with Gasteiger partial charge in [0.2, 0.25) is 10.9 Å². The molecular formula is C17H12O2. The first kappa shape index (κ1) is 10.7. The van der Waals surface area contributed by atoms with Crippen LogP contribution in [0.2, 0.25) is 0 Å². The highest BCUT2D eigenvalue weighted by molar-refractivity contribution is 5.94. The Balaban J connectivity index is 2.16. The van der Waals surface area contributed by atoms with Gasteiger partial charge in [0, 0.05) is 11.1 Å². The van der Waals surface area contributed by atoms with E-state index >= 15 is 0 Å². The second-order valence-corrected chi connectivity index (χ2v) is 5.36. The highest BCUT2D eigenvalue weighted by atomic mass is 16.2. The lowest BCUT2D eigenvalue weighted by atomic mass is 9.75. The summed E-state index contributed by atoms with van der Waals surface area (Å²) in [5.41, 5.74) is 3.01. The van der Waals surface area contributed by atoms with E-state index in [-0.39, 0.29) is 16.8 Å². The molecule has 0 amide bonds. The molecule has 1 aliphatic carbocycles. The molecule has 3 aromatic rings. The van der Waals surface area contributed by atoms with E-state index in [2.05, 4.69) is 19.1 Å². The molecule has 0 aromatic heterocycles. The van der Waals surface area contributed by atoms with Crippen molar-refractivity contribution in [1.82, 2.24) is 0 Å². The molecule has 0 saturated carbocycles. The van der Waals surface area contributed by atoms with E-state index in [1.54, 1.807) is 0 Å². The van der Waals surface area contributed by atoms with Crippen LogP contribution in [-0.4, -0.2) is 0 Å². The van der Waals surface area contributed by atoms with Crippen LogP contribution in [0.5, 0.6) is 0 Å². The summed E-state index contributed by atoms with van der Waals surface area (Å²) in [7, 11) is 0. The van der Waals surface area contributed by atoms with Crippen LogP contribution in [0.25, 0.3) is 21.9 Å². The van der Waals surface area contributed by atoms with Crippen LogP contribution in [-0.2, 0) is 6.42 Å². The predicted molar refractivity (Wildman–Crippen MR) is 76.4 cm³/mol. The molecule has 1 unspecified atom stereocenters. The molecule has 0 N–H and O–H groups in total. The van der Waals surface area contributed by atoms with E-state index in [0.29, 0.717) is 12.0 Å². The molecule has 0 spiro atoms. The van der Waals surface area contributed by atoms with E-state index in [1.165, 1.54) is 16.3 Å². The van der Waals surface area contributed by atoms with E-state index in [4.69, 9.17) is 0 Å².